The molecule has 2 aliphatic rings. The summed E-state index contributed by atoms with van der Waals surface area (Å²) in [5, 5.41) is 3.45. The second-order valence-corrected chi connectivity index (χ2v) is 5.70. The molecule has 0 radical (unpaired) electrons. The molecule has 0 spiro atoms. The van der Waals surface area contributed by atoms with Gasteiger partial charge < -0.3 is 10.1 Å². The minimum Gasteiger partial charge on any atom is -0.460 e. The Labute approximate surface area is 126 Å². The molecule has 0 amide bonds. The molecule has 0 unspecified atom stereocenters. The SMILES string of the molecule is Cl.O=C(OCc1ccccc1)[C@H]1C[C@@H]2CCCC[C@H]2N1. The number of ether oxygens (including phenoxy) is 1. The number of hydrogen-bond acceptors (Lipinski definition) is 3. The second-order valence-electron chi connectivity index (χ2n) is 5.70. The minimum absolute atomic E-state index is 0. The first-order valence-corrected chi connectivity index (χ1v) is 7.29. The van der Waals surface area contributed by atoms with Crippen LogP contribution < -0.4 is 5.32 Å². The molecule has 1 aliphatic carbocycles. The van der Waals surface area contributed by atoms with Crippen molar-refractivity contribution in [2.75, 3.05) is 0 Å². The van der Waals surface area contributed by atoms with Gasteiger partial charge in [0.05, 0.1) is 0 Å². The van der Waals surface area contributed by atoms with Crippen molar-refractivity contribution in [2.24, 2.45) is 5.92 Å². The topological polar surface area (TPSA) is 38.3 Å². The Morgan fingerprint density at radius 2 is 1.95 bits per heavy atom. The van der Waals surface area contributed by atoms with Gasteiger partial charge in [-0.2, -0.15) is 0 Å². The number of carbonyl (C=O) groups is 1. The Bertz CT molecular complexity index is 423. The molecule has 1 heterocycles. The van der Waals surface area contributed by atoms with Crippen LogP contribution in [0.5, 0.6) is 0 Å². The molecule has 3 nitrogen and oxygen atoms in total. The number of benzene rings is 1. The maximum absolute atomic E-state index is 12.1. The van der Waals surface area contributed by atoms with Gasteiger partial charge in [-0.15, -0.1) is 12.4 Å². The highest BCUT2D eigenvalue weighted by Crippen LogP contribution is 2.33. The molecule has 20 heavy (non-hydrogen) atoms. The molecule has 1 aliphatic heterocycles. The van der Waals surface area contributed by atoms with Gasteiger partial charge in [0, 0.05) is 6.04 Å². The summed E-state index contributed by atoms with van der Waals surface area (Å²) in [6, 6.07) is 10.3. The average Bonchev–Trinajstić information content (AvgIpc) is 2.90. The lowest BCUT2D eigenvalue weighted by molar-refractivity contribution is -0.147. The van der Waals surface area contributed by atoms with Crippen LogP contribution in [0.1, 0.15) is 37.7 Å². The summed E-state index contributed by atoms with van der Waals surface area (Å²) in [4.78, 5) is 12.1. The lowest BCUT2D eigenvalue weighted by atomic mass is 9.85. The zero-order valence-corrected chi connectivity index (χ0v) is 12.4. The van der Waals surface area contributed by atoms with Crippen molar-refractivity contribution >= 4 is 18.4 Å². The van der Waals surface area contributed by atoms with Crippen LogP contribution in [0.25, 0.3) is 0 Å². The van der Waals surface area contributed by atoms with Gasteiger partial charge in [0.2, 0.25) is 0 Å². The first-order chi connectivity index (χ1) is 9.33. The van der Waals surface area contributed by atoms with Crippen molar-refractivity contribution in [3.63, 3.8) is 0 Å². The summed E-state index contributed by atoms with van der Waals surface area (Å²) >= 11 is 0. The van der Waals surface area contributed by atoms with E-state index in [4.69, 9.17) is 4.74 Å². The highest BCUT2D eigenvalue weighted by molar-refractivity contribution is 5.85. The summed E-state index contributed by atoms with van der Waals surface area (Å²) in [7, 11) is 0. The van der Waals surface area contributed by atoms with E-state index in [2.05, 4.69) is 5.32 Å². The van der Waals surface area contributed by atoms with E-state index >= 15 is 0 Å². The van der Waals surface area contributed by atoms with Crippen LogP contribution in [-0.4, -0.2) is 18.1 Å². The van der Waals surface area contributed by atoms with Crippen LogP contribution in [-0.2, 0) is 16.1 Å². The van der Waals surface area contributed by atoms with Gasteiger partial charge in [0.1, 0.15) is 12.6 Å². The summed E-state index contributed by atoms with van der Waals surface area (Å²) < 4.78 is 5.42. The third-order valence-electron chi connectivity index (χ3n) is 4.37. The smallest absolute Gasteiger partial charge is 0.323 e. The fourth-order valence-electron chi connectivity index (χ4n) is 3.33. The zero-order valence-electron chi connectivity index (χ0n) is 11.6. The fraction of sp³-hybridized carbons (Fsp3) is 0.562. The maximum Gasteiger partial charge on any atom is 0.323 e. The fourth-order valence-corrected chi connectivity index (χ4v) is 3.33. The van der Waals surface area contributed by atoms with Crippen molar-refractivity contribution in [1.29, 1.82) is 0 Å². The monoisotopic (exact) mass is 295 g/mol. The molecule has 110 valence electrons. The molecule has 1 saturated carbocycles. The van der Waals surface area contributed by atoms with Crippen molar-refractivity contribution in [3.8, 4) is 0 Å². The quantitative estimate of drug-likeness (QED) is 0.871. The number of rotatable bonds is 3. The van der Waals surface area contributed by atoms with E-state index in [9.17, 15) is 4.79 Å². The Morgan fingerprint density at radius 1 is 1.20 bits per heavy atom. The van der Waals surface area contributed by atoms with Gasteiger partial charge in [-0.05, 0) is 30.7 Å². The van der Waals surface area contributed by atoms with Crippen LogP contribution in [0.4, 0.5) is 0 Å². The van der Waals surface area contributed by atoms with Crippen LogP contribution in [0.3, 0.4) is 0 Å². The molecule has 0 bridgehead atoms. The summed E-state index contributed by atoms with van der Waals surface area (Å²) in [6.45, 7) is 0.382. The van der Waals surface area contributed by atoms with Crippen molar-refractivity contribution in [2.45, 2.75) is 50.8 Å². The van der Waals surface area contributed by atoms with E-state index in [0.717, 1.165) is 12.0 Å². The standard InChI is InChI=1S/C16H21NO2.ClH/c18-16(19-11-12-6-2-1-3-7-12)15-10-13-8-4-5-9-14(13)17-15;/h1-3,6-7,13-15,17H,4-5,8-11H2;1H/t13-,14+,15+;/m0./s1. The van der Waals surface area contributed by atoms with E-state index in [-0.39, 0.29) is 24.4 Å². The van der Waals surface area contributed by atoms with Crippen molar-refractivity contribution < 1.29 is 9.53 Å². The normalized spacial score (nSPS) is 28.3. The number of nitrogens with one attached hydrogen (secondary N) is 1. The molecule has 2 fully saturated rings. The Hall–Kier alpha value is -1.06. The van der Waals surface area contributed by atoms with Gasteiger partial charge in [0.25, 0.3) is 0 Å². The molecule has 3 atom stereocenters. The van der Waals surface area contributed by atoms with Gasteiger partial charge in [-0.1, -0.05) is 43.2 Å². The second kappa shape index (κ2) is 7.09. The zero-order chi connectivity index (χ0) is 13.1. The summed E-state index contributed by atoms with van der Waals surface area (Å²) in [6.07, 6.45) is 6.04. The maximum atomic E-state index is 12.1. The number of carbonyl (C=O) groups excluding carboxylic acids is 1. The van der Waals surface area contributed by atoms with Gasteiger partial charge >= 0.3 is 5.97 Å². The highest BCUT2D eigenvalue weighted by atomic mass is 35.5. The molecule has 1 saturated heterocycles. The minimum atomic E-state index is -0.0863. The Morgan fingerprint density at radius 3 is 2.70 bits per heavy atom. The third kappa shape index (κ3) is 3.53. The number of halogens is 1. The Kier molecular flexibility index (Phi) is 5.44. The molecule has 0 aromatic heterocycles. The van der Waals surface area contributed by atoms with Gasteiger partial charge in [-0.25, -0.2) is 0 Å². The lowest BCUT2D eigenvalue weighted by Crippen LogP contribution is -2.37. The summed E-state index contributed by atoms with van der Waals surface area (Å²) in [5.41, 5.74) is 1.05. The van der Waals surface area contributed by atoms with Crippen molar-refractivity contribution in [1.82, 2.24) is 5.32 Å². The van der Waals surface area contributed by atoms with E-state index in [1.807, 2.05) is 30.3 Å². The first-order valence-electron chi connectivity index (χ1n) is 7.29. The average molecular weight is 296 g/mol. The molecule has 1 aromatic rings. The highest BCUT2D eigenvalue weighted by Gasteiger charge is 2.38. The molecule has 4 heteroatoms. The van der Waals surface area contributed by atoms with Gasteiger partial charge in [0.15, 0.2) is 0 Å². The van der Waals surface area contributed by atoms with E-state index in [1.165, 1.54) is 25.7 Å². The van der Waals surface area contributed by atoms with Crippen LogP contribution in [0.15, 0.2) is 30.3 Å². The van der Waals surface area contributed by atoms with Crippen LogP contribution in [0.2, 0.25) is 0 Å². The van der Waals surface area contributed by atoms with Crippen LogP contribution >= 0.6 is 12.4 Å². The van der Waals surface area contributed by atoms with E-state index in [1.54, 1.807) is 0 Å². The number of esters is 1. The van der Waals surface area contributed by atoms with E-state index in [0.29, 0.717) is 18.6 Å². The molecule has 1 N–H and O–H groups in total. The molecule has 1 aromatic carbocycles. The van der Waals surface area contributed by atoms with Crippen LogP contribution in [0, 0.1) is 5.92 Å². The number of fused-ring (bicyclic) bond motifs is 1. The molecular weight excluding hydrogens is 274 g/mol. The predicted octanol–water partition coefficient (Wildman–Crippen LogP) is 3.07. The van der Waals surface area contributed by atoms with E-state index < -0.39 is 0 Å². The molecule has 3 rings (SSSR count). The largest absolute Gasteiger partial charge is 0.460 e. The molecular formula is C16H22ClNO2. The van der Waals surface area contributed by atoms with Gasteiger partial charge in [-0.3, -0.25) is 4.79 Å². The Balaban J connectivity index is 0.00000147. The first kappa shape index (κ1) is 15.3. The summed E-state index contributed by atoms with van der Waals surface area (Å²) in [5.74, 6) is 0.598. The predicted molar refractivity (Wildman–Crippen MR) is 80.8 cm³/mol. The number of hydrogen-bond donors (Lipinski definition) is 1. The third-order valence-corrected chi connectivity index (χ3v) is 4.37. The van der Waals surface area contributed by atoms with Crippen molar-refractivity contribution in [3.05, 3.63) is 35.9 Å². The lowest BCUT2D eigenvalue weighted by Gasteiger charge is -2.24.